The molecule has 0 bridgehead atoms. The topological polar surface area (TPSA) is 26.3 Å². The molecule has 1 rings (SSSR count). The number of methoxy groups -OCH3 is 1. The summed E-state index contributed by atoms with van der Waals surface area (Å²) in [6.07, 6.45) is 0. The molecule has 2 nitrogen and oxygen atoms in total. The van der Waals surface area contributed by atoms with Crippen LogP contribution in [0.25, 0.3) is 0 Å². The Morgan fingerprint density at radius 2 is 1.77 bits per heavy atom. The van der Waals surface area contributed by atoms with Crippen LogP contribution in [0.15, 0.2) is 29.1 Å². The molecule has 0 unspecified atom stereocenters. The van der Waals surface area contributed by atoms with Crippen LogP contribution in [0.4, 0.5) is 0 Å². The maximum atomic E-state index is 11.3. The number of hydrogen-bond acceptors (Lipinski definition) is 2. The molecule has 0 amide bonds. The summed E-state index contributed by atoms with van der Waals surface area (Å²) in [6, 6.07) is 7.03. The molecular weight excluding hydrogens is 164 g/mol. The van der Waals surface area contributed by atoms with Gasteiger partial charge in [-0.15, -0.1) is 0 Å². The first-order valence-corrected chi connectivity index (χ1v) is 4.33. The molecule has 0 N–H and O–H groups in total. The Morgan fingerprint density at radius 1 is 1.15 bits per heavy atom. The molecule has 0 saturated heterocycles. The monoisotopic (exact) mass is 178 g/mol. The van der Waals surface area contributed by atoms with Gasteiger partial charge in [0.1, 0.15) is 0 Å². The van der Waals surface area contributed by atoms with Crippen molar-refractivity contribution in [1.29, 1.82) is 0 Å². The Balaban J connectivity index is 3.24. The largest absolute Gasteiger partial charge is 0.493 e. The van der Waals surface area contributed by atoms with Crippen molar-refractivity contribution < 1.29 is 4.74 Å². The van der Waals surface area contributed by atoms with Crippen LogP contribution in [0, 0.1) is 0 Å². The fourth-order valence-corrected chi connectivity index (χ4v) is 1.12. The van der Waals surface area contributed by atoms with Gasteiger partial charge in [0.2, 0.25) is 5.43 Å². The molecule has 0 aromatic heterocycles. The van der Waals surface area contributed by atoms with Crippen molar-refractivity contribution in [2.24, 2.45) is 0 Å². The molecule has 0 aliphatic rings. The second-order valence-electron chi connectivity index (χ2n) is 3.25. The Kier molecular flexibility index (Phi) is 3.07. The van der Waals surface area contributed by atoms with Crippen LogP contribution < -0.4 is 10.2 Å². The lowest BCUT2D eigenvalue weighted by Crippen LogP contribution is -1.98. The predicted octanol–water partition coefficient (Wildman–Crippen LogP) is 2.18. The van der Waals surface area contributed by atoms with Crippen LogP contribution in [0.2, 0.25) is 0 Å². The lowest BCUT2D eigenvalue weighted by molar-refractivity contribution is 0.411. The highest BCUT2D eigenvalue weighted by Crippen LogP contribution is 2.13. The van der Waals surface area contributed by atoms with E-state index in [9.17, 15) is 4.79 Å². The Labute approximate surface area is 78.2 Å². The molecular formula is C11H14O2. The minimum Gasteiger partial charge on any atom is -0.493 e. The summed E-state index contributed by atoms with van der Waals surface area (Å²) in [5, 5.41) is 0. The van der Waals surface area contributed by atoms with Gasteiger partial charge in [0.25, 0.3) is 0 Å². The molecule has 70 valence electrons. The smallest absolute Gasteiger partial charge is 0.220 e. The van der Waals surface area contributed by atoms with E-state index in [0.717, 1.165) is 5.56 Å². The van der Waals surface area contributed by atoms with E-state index in [0.29, 0.717) is 11.7 Å². The minimum atomic E-state index is -0.0746. The Morgan fingerprint density at radius 3 is 2.31 bits per heavy atom. The van der Waals surface area contributed by atoms with E-state index in [1.165, 1.54) is 7.11 Å². The highest BCUT2D eigenvalue weighted by molar-refractivity contribution is 5.26. The van der Waals surface area contributed by atoms with Crippen LogP contribution in [0.5, 0.6) is 5.75 Å². The molecule has 0 atom stereocenters. The zero-order chi connectivity index (χ0) is 9.84. The van der Waals surface area contributed by atoms with Crippen LogP contribution >= 0.6 is 0 Å². The van der Waals surface area contributed by atoms with E-state index in [1.54, 1.807) is 12.1 Å². The number of ether oxygens (including phenoxy) is 1. The molecule has 0 aliphatic carbocycles. The first-order valence-electron chi connectivity index (χ1n) is 4.33. The Hall–Kier alpha value is -1.31. The normalized spacial score (nSPS) is 10.2. The summed E-state index contributed by atoms with van der Waals surface area (Å²) in [7, 11) is 1.51. The average molecular weight is 178 g/mol. The molecule has 1 aromatic carbocycles. The molecule has 13 heavy (non-hydrogen) atoms. The lowest BCUT2D eigenvalue weighted by atomic mass is 10.1. The maximum Gasteiger partial charge on any atom is 0.220 e. The molecule has 0 spiro atoms. The van der Waals surface area contributed by atoms with Crippen molar-refractivity contribution in [3.8, 4) is 5.75 Å². The average Bonchev–Trinajstić information content (AvgIpc) is 2.27. The predicted molar refractivity (Wildman–Crippen MR) is 53.4 cm³/mol. The summed E-state index contributed by atoms with van der Waals surface area (Å²) in [6.45, 7) is 4.18. The number of rotatable bonds is 2. The minimum absolute atomic E-state index is 0.0746. The van der Waals surface area contributed by atoms with Crippen LogP contribution in [-0.4, -0.2) is 7.11 Å². The highest BCUT2D eigenvalue weighted by Gasteiger charge is 1.99. The molecule has 1 aromatic rings. The lowest BCUT2D eigenvalue weighted by Gasteiger charge is -1.99. The fourth-order valence-electron chi connectivity index (χ4n) is 1.12. The van der Waals surface area contributed by atoms with Crippen molar-refractivity contribution in [2.45, 2.75) is 19.8 Å². The van der Waals surface area contributed by atoms with Gasteiger partial charge in [-0.1, -0.05) is 26.0 Å². The summed E-state index contributed by atoms with van der Waals surface area (Å²) >= 11 is 0. The van der Waals surface area contributed by atoms with Gasteiger partial charge in [0.15, 0.2) is 5.75 Å². The van der Waals surface area contributed by atoms with E-state index in [2.05, 4.69) is 13.8 Å². The molecule has 0 saturated carbocycles. The number of hydrogen-bond donors (Lipinski definition) is 0. The first-order chi connectivity index (χ1) is 6.15. The third-order valence-corrected chi connectivity index (χ3v) is 1.98. The van der Waals surface area contributed by atoms with Crippen molar-refractivity contribution >= 4 is 0 Å². The van der Waals surface area contributed by atoms with E-state index in [-0.39, 0.29) is 5.43 Å². The SMILES string of the molecule is COc1ccc(C(C)C)ccc1=O. The second-order valence-corrected chi connectivity index (χ2v) is 3.25. The van der Waals surface area contributed by atoms with Gasteiger partial charge in [0.05, 0.1) is 7.11 Å². The van der Waals surface area contributed by atoms with Gasteiger partial charge >= 0.3 is 0 Å². The van der Waals surface area contributed by atoms with E-state index in [4.69, 9.17) is 4.74 Å². The summed E-state index contributed by atoms with van der Waals surface area (Å²) < 4.78 is 4.93. The molecule has 0 aliphatic heterocycles. The van der Waals surface area contributed by atoms with Crippen molar-refractivity contribution in [1.82, 2.24) is 0 Å². The van der Waals surface area contributed by atoms with Gasteiger partial charge in [-0.3, -0.25) is 4.79 Å². The van der Waals surface area contributed by atoms with Gasteiger partial charge in [-0.25, -0.2) is 0 Å². The van der Waals surface area contributed by atoms with Crippen LogP contribution in [0.1, 0.15) is 25.3 Å². The first kappa shape index (κ1) is 9.78. The van der Waals surface area contributed by atoms with Gasteiger partial charge < -0.3 is 4.74 Å². The third kappa shape index (κ3) is 2.31. The van der Waals surface area contributed by atoms with Crippen molar-refractivity contribution in [3.63, 3.8) is 0 Å². The van der Waals surface area contributed by atoms with Gasteiger partial charge in [0, 0.05) is 0 Å². The zero-order valence-electron chi connectivity index (χ0n) is 8.20. The molecule has 0 radical (unpaired) electrons. The fraction of sp³-hybridized carbons (Fsp3) is 0.364. The highest BCUT2D eigenvalue weighted by atomic mass is 16.5. The second kappa shape index (κ2) is 4.08. The molecule has 0 heterocycles. The Bertz CT molecular complexity index is 342. The quantitative estimate of drug-likeness (QED) is 0.693. The van der Waals surface area contributed by atoms with Crippen LogP contribution in [0.3, 0.4) is 0 Å². The molecule has 0 fully saturated rings. The van der Waals surface area contributed by atoms with Crippen molar-refractivity contribution in [3.05, 3.63) is 40.1 Å². The standard InChI is InChI=1S/C11H14O2/c1-8(2)9-4-6-10(12)11(13-3)7-5-9/h4-8H,1-3H3. The third-order valence-electron chi connectivity index (χ3n) is 1.98. The van der Waals surface area contributed by atoms with E-state index < -0.39 is 0 Å². The van der Waals surface area contributed by atoms with Gasteiger partial charge in [-0.05, 0) is 23.6 Å². The summed E-state index contributed by atoms with van der Waals surface area (Å²) in [4.78, 5) is 11.3. The summed E-state index contributed by atoms with van der Waals surface area (Å²) in [5.41, 5.74) is 1.06. The maximum absolute atomic E-state index is 11.3. The molecule has 2 heteroatoms. The van der Waals surface area contributed by atoms with E-state index in [1.807, 2.05) is 12.1 Å². The van der Waals surface area contributed by atoms with E-state index >= 15 is 0 Å². The zero-order valence-corrected chi connectivity index (χ0v) is 8.20. The van der Waals surface area contributed by atoms with Gasteiger partial charge in [-0.2, -0.15) is 0 Å². The van der Waals surface area contributed by atoms with Crippen molar-refractivity contribution in [2.75, 3.05) is 7.11 Å². The van der Waals surface area contributed by atoms with Crippen LogP contribution in [-0.2, 0) is 0 Å². The summed E-state index contributed by atoms with van der Waals surface area (Å²) in [5.74, 6) is 0.823.